The van der Waals surface area contributed by atoms with Gasteiger partial charge in [-0.25, -0.2) is 0 Å². The van der Waals surface area contributed by atoms with Crippen LogP contribution in [0.1, 0.15) is 65.9 Å². The molecule has 15 nitrogen and oxygen atoms in total. The molecule has 0 bridgehead atoms. The average molecular weight is 1080 g/mol. The molecule has 12 atom stereocenters. The highest BCUT2D eigenvalue weighted by Gasteiger charge is 2.47. The maximum absolute atomic E-state index is 14.0. The molecule has 3 aromatic carbocycles. The van der Waals surface area contributed by atoms with Crippen LogP contribution in [0.3, 0.4) is 0 Å². The Morgan fingerprint density at radius 3 is 2.27 bits per heavy atom. The number of cyclic esters (lactones) is 1. The first kappa shape index (κ1) is 55.0. The Morgan fingerprint density at radius 2 is 1.60 bits per heavy atom. The number of rotatable bonds is 16. The molecular weight excluding hydrogens is 1010 g/mol. The van der Waals surface area contributed by atoms with E-state index >= 15 is 0 Å². The molecule has 1 saturated heterocycles. The fourth-order valence-corrected chi connectivity index (χ4v) is 9.79. The Hall–Kier alpha value is -4.37. The van der Waals surface area contributed by atoms with E-state index in [1.807, 2.05) is 92.3 Å². The summed E-state index contributed by atoms with van der Waals surface area (Å²) in [7, 11) is 3.54. The number of ketones is 1. The van der Waals surface area contributed by atoms with Gasteiger partial charge in [-0.15, -0.1) is 5.10 Å². The highest BCUT2D eigenvalue weighted by Crippen LogP contribution is 2.35. The third kappa shape index (κ3) is 15.3. The molecule has 2 aliphatic rings. The fourth-order valence-electron chi connectivity index (χ4n) is 9.43. The molecule has 0 aliphatic carbocycles. The Morgan fingerprint density at radius 1 is 0.900 bits per heavy atom. The summed E-state index contributed by atoms with van der Waals surface area (Å²) in [6.07, 6.45) is 0.931. The summed E-state index contributed by atoms with van der Waals surface area (Å²) in [4.78, 5) is 31.7. The van der Waals surface area contributed by atoms with Gasteiger partial charge in [0.25, 0.3) is 0 Å². The number of aliphatic hydroxyl groups excluding tert-OH is 4. The van der Waals surface area contributed by atoms with Crippen LogP contribution in [-0.4, -0.2) is 140 Å². The van der Waals surface area contributed by atoms with Gasteiger partial charge in [-0.3, -0.25) is 19.2 Å². The molecule has 0 spiro atoms. The second kappa shape index (κ2) is 26.4. The predicted molar refractivity (Wildman–Crippen MR) is 275 cm³/mol. The number of esters is 1. The van der Waals surface area contributed by atoms with Crippen molar-refractivity contribution in [3.05, 3.63) is 118 Å². The van der Waals surface area contributed by atoms with E-state index in [4.69, 9.17) is 18.9 Å². The molecule has 380 valence electrons. The van der Waals surface area contributed by atoms with Gasteiger partial charge in [0.05, 0.1) is 56.2 Å². The molecule has 1 fully saturated rings. The van der Waals surface area contributed by atoms with Crippen molar-refractivity contribution in [2.75, 3.05) is 33.8 Å². The molecule has 4 aromatic rings. The van der Waals surface area contributed by atoms with Crippen LogP contribution in [0.5, 0.6) is 11.5 Å². The number of ether oxygens (including phenoxy) is 4. The van der Waals surface area contributed by atoms with E-state index in [1.165, 1.54) is 0 Å². The van der Waals surface area contributed by atoms with Crippen LogP contribution in [0.4, 0.5) is 0 Å². The van der Waals surface area contributed by atoms with Gasteiger partial charge in [0.15, 0.2) is 12.1 Å². The van der Waals surface area contributed by atoms with Crippen molar-refractivity contribution in [3.63, 3.8) is 0 Å². The van der Waals surface area contributed by atoms with Gasteiger partial charge >= 0.3 is 5.97 Å². The van der Waals surface area contributed by atoms with E-state index in [0.29, 0.717) is 51.2 Å². The third-order valence-electron chi connectivity index (χ3n) is 13.6. The smallest absolute Gasteiger partial charge is 0.308 e. The van der Waals surface area contributed by atoms with Gasteiger partial charge in [-0.1, -0.05) is 74.0 Å². The van der Waals surface area contributed by atoms with Crippen LogP contribution in [-0.2, 0) is 36.9 Å². The number of hydrogen-bond acceptors (Lipinski definition) is 14. The minimum Gasteiger partial charge on any atom is -0.462 e. The average Bonchev–Trinajstić information content (AvgIpc) is 3.82. The zero-order valence-corrected chi connectivity index (χ0v) is 43.6. The molecule has 6 rings (SSSR count). The molecule has 3 unspecified atom stereocenters. The standard InChI is InChI=1S/C54H72IN5O10/c1-8-48-41(33-61)28-34(2)14-23-46(62)35(3)29-40(53(36(4)47(63)30-49(64)69-48)70-54-52(66)50(58(6)7)51(65)37(5)67-54)24-25-59(31-38-15-19-42(55)20-16-38)26-27-60-32-45(56-57-60)39-17-21-44(22-18-39)68-43-12-10-9-11-13-43/h9-23,28,32,35-37,40-41,47-48,50-54,61,63,65-66H,8,24-27,29-31,33H2,1-7H3/b23-14+,34-28+/t35-,36+,37-,40+,41-,47-,48-,50?,51?,52?,53-,54+/m1/s1. The lowest BCUT2D eigenvalue weighted by atomic mass is 9.79. The van der Waals surface area contributed by atoms with Crippen LogP contribution < -0.4 is 4.74 Å². The minimum absolute atomic E-state index is 0.106. The van der Waals surface area contributed by atoms with Crippen molar-refractivity contribution in [1.82, 2.24) is 24.8 Å². The lowest BCUT2D eigenvalue weighted by Crippen LogP contribution is -2.63. The number of carbonyl (C=O) groups excluding carboxylic acids is 2. The number of likely N-dealkylation sites (N-methyl/N-ethyl adjacent to an activating group) is 1. The molecule has 0 amide bonds. The zero-order valence-electron chi connectivity index (χ0n) is 41.5. The van der Waals surface area contributed by atoms with Gasteiger partial charge in [0.2, 0.25) is 0 Å². The van der Waals surface area contributed by atoms with Gasteiger partial charge in [-0.2, -0.15) is 0 Å². The van der Waals surface area contributed by atoms with E-state index in [-0.39, 0.29) is 18.8 Å². The van der Waals surface area contributed by atoms with Crippen molar-refractivity contribution in [2.45, 2.75) is 122 Å². The normalized spacial score (nSPS) is 29.7. The maximum Gasteiger partial charge on any atom is 0.308 e. The summed E-state index contributed by atoms with van der Waals surface area (Å²) < 4.78 is 27.9. The summed E-state index contributed by atoms with van der Waals surface area (Å²) in [5, 5.41) is 54.2. The highest BCUT2D eigenvalue weighted by atomic mass is 127. The molecule has 1 aromatic heterocycles. The Bertz CT molecular complexity index is 2310. The van der Waals surface area contributed by atoms with Gasteiger partial charge in [0, 0.05) is 40.0 Å². The lowest BCUT2D eigenvalue weighted by Gasteiger charge is -2.46. The first-order valence-corrected chi connectivity index (χ1v) is 25.5. The van der Waals surface area contributed by atoms with E-state index in [1.54, 1.807) is 45.0 Å². The molecule has 3 heterocycles. The van der Waals surface area contributed by atoms with Gasteiger partial charge in [0.1, 0.15) is 29.4 Å². The quantitative estimate of drug-likeness (QED) is 0.0659. The Balaban J connectivity index is 1.30. The van der Waals surface area contributed by atoms with Crippen LogP contribution in [0, 0.1) is 27.2 Å². The summed E-state index contributed by atoms with van der Waals surface area (Å²) in [6.45, 7) is 11.1. The van der Waals surface area contributed by atoms with Crippen LogP contribution in [0.2, 0.25) is 0 Å². The zero-order chi connectivity index (χ0) is 50.5. The fraction of sp³-hybridized carbons (Fsp3) is 0.519. The Labute approximate surface area is 426 Å². The van der Waals surface area contributed by atoms with Gasteiger partial charge < -0.3 is 44.3 Å². The van der Waals surface area contributed by atoms with Crippen LogP contribution in [0.15, 0.2) is 109 Å². The second-order valence-corrected chi connectivity index (χ2v) is 20.4. The molecular formula is C54H72IN5O10. The van der Waals surface area contributed by atoms with E-state index in [9.17, 15) is 30.0 Å². The number of para-hydroxylation sites is 1. The third-order valence-corrected chi connectivity index (χ3v) is 14.3. The maximum atomic E-state index is 14.0. The number of aromatic nitrogens is 3. The monoisotopic (exact) mass is 1080 g/mol. The number of benzene rings is 3. The molecule has 0 saturated carbocycles. The van der Waals surface area contributed by atoms with Crippen molar-refractivity contribution >= 4 is 34.3 Å². The number of nitrogens with zero attached hydrogens (tertiary/aromatic N) is 5. The summed E-state index contributed by atoms with van der Waals surface area (Å²) >= 11 is 2.30. The van der Waals surface area contributed by atoms with Gasteiger partial charge in [-0.05, 0) is 142 Å². The van der Waals surface area contributed by atoms with Crippen molar-refractivity contribution < 1.29 is 49.0 Å². The summed E-state index contributed by atoms with van der Waals surface area (Å²) in [5.74, 6) is -1.42. The van der Waals surface area contributed by atoms with Crippen molar-refractivity contribution in [2.24, 2.45) is 23.7 Å². The molecule has 0 radical (unpaired) electrons. The SMILES string of the molecule is CC[C@H]1OC(=O)C[C@@H](O)[C@H](C)[C@@H](O[C@@H]2O[C@H](C)C(O)C(N(C)C)C2O)[C@@H](CCN(CCn2cc(-c3ccc(Oc4ccccc4)cc3)nn2)Cc2ccc(I)cc2)C[C@@H](C)C(=O)/C=C/C(C)=C/[C@@H]1CO. The van der Waals surface area contributed by atoms with E-state index < -0.39 is 78.6 Å². The summed E-state index contributed by atoms with van der Waals surface area (Å²) in [6, 6.07) is 25.0. The van der Waals surface area contributed by atoms with Crippen LogP contribution >= 0.6 is 22.6 Å². The van der Waals surface area contributed by atoms with Crippen LogP contribution in [0.25, 0.3) is 11.3 Å². The number of aliphatic hydroxyl groups is 4. The second-order valence-electron chi connectivity index (χ2n) is 19.2. The molecule has 70 heavy (non-hydrogen) atoms. The number of allylic oxidation sites excluding steroid dienone is 3. The first-order chi connectivity index (χ1) is 33.5. The van der Waals surface area contributed by atoms with Crippen molar-refractivity contribution in [1.29, 1.82) is 0 Å². The highest BCUT2D eigenvalue weighted by molar-refractivity contribution is 14.1. The van der Waals surface area contributed by atoms with E-state index in [0.717, 1.165) is 31.7 Å². The lowest BCUT2D eigenvalue weighted by molar-refractivity contribution is -0.304. The molecule has 4 N–H and O–H groups in total. The summed E-state index contributed by atoms with van der Waals surface area (Å²) in [5.41, 5.74) is 3.47. The minimum atomic E-state index is -1.28. The number of carbonyl (C=O) groups is 2. The predicted octanol–water partition coefficient (Wildman–Crippen LogP) is 7.06. The molecule has 16 heteroatoms. The largest absolute Gasteiger partial charge is 0.462 e. The number of halogens is 1. The first-order valence-electron chi connectivity index (χ1n) is 24.5. The Kier molecular flexibility index (Phi) is 20.7. The topological polar surface area (TPSA) is 189 Å². The van der Waals surface area contributed by atoms with Crippen molar-refractivity contribution in [3.8, 4) is 22.8 Å². The molecule has 2 aliphatic heterocycles. The van der Waals surface area contributed by atoms with E-state index in [2.05, 4.69) is 62.1 Å². The number of hydrogen-bond donors (Lipinski definition) is 4.